The topological polar surface area (TPSA) is 51.8 Å². The number of aromatic nitrogens is 2. The fourth-order valence-corrected chi connectivity index (χ4v) is 2.91. The van der Waals surface area contributed by atoms with E-state index >= 15 is 0 Å². The molecule has 2 rings (SSSR count). The highest BCUT2D eigenvalue weighted by Gasteiger charge is 2.16. The van der Waals surface area contributed by atoms with Gasteiger partial charge in [0.05, 0.1) is 20.6 Å². The molecular formula is C12H13Cl2N3S. The minimum atomic E-state index is -0.143. The normalized spacial score (nSPS) is 12.7. The van der Waals surface area contributed by atoms with Crippen molar-refractivity contribution in [1.29, 1.82) is 0 Å². The number of hydrogen-bond acceptors (Lipinski definition) is 4. The number of benzene rings is 1. The summed E-state index contributed by atoms with van der Waals surface area (Å²) in [5.74, 6) is 0. The Bertz CT molecular complexity index is 542. The first-order chi connectivity index (χ1) is 8.63. The third-order valence-electron chi connectivity index (χ3n) is 2.73. The van der Waals surface area contributed by atoms with Crippen LogP contribution < -0.4 is 5.73 Å². The summed E-state index contributed by atoms with van der Waals surface area (Å²) < 4.78 is 3.95. The van der Waals surface area contributed by atoms with Crippen LogP contribution in [0.4, 0.5) is 0 Å². The second kappa shape index (κ2) is 5.97. The second-order valence-corrected chi connectivity index (χ2v) is 5.53. The van der Waals surface area contributed by atoms with Crippen LogP contribution in [0.15, 0.2) is 18.2 Å². The molecule has 0 saturated carbocycles. The number of hydrogen-bond donors (Lipinski definition) is 1. The fraction of sp³-hybridized carbons (Fsp3) is 0.333. The minimum absolute atomic E-state index is 0.143. The lowest BCUT2D eigenvalue weighted by Crippen LogP contribution is -2.14. The molecule has 1 heterocycles. The van der Waals surface area contributed by atoms with Crippen molar-refractivity contribution < 1.29 is 0 Å². The number of rotatable bonds is 4. The molecule has 6 heteroatoms. The highest BCUT2D eigenvalue weighted by molar-refractivity contribution is 7.05. The van der Waals surface area contributed by atoms with E-state index < -0.39 is 0 Å². The summed E-state index contributed by atoms with van der Waals surface area (Å²) in [6.07, 6.45) is 1.47. The number of aryl methyl sites for hydroxylation is 1. The maximum atomic E-state index is 6.20. The van der Waals surface area contributed by atoms with Gasteiger partial charge in [-0.2, -0.15) is 0 Å². The fourth-order valence-electron chi connectivity index (χ4n) is 1.78. The van der Waals surface area contributed by atoms with Crippen LogP contribution >= 0.6 is 34.7 Å². The molecule has 2 aromatic rings. The van der Waals surface area contributed by atoms with Crippen LogP contribution in [-0.2, 0) is 12.8 Å². The monoisotopic (exact) mass is 301 g/mol. The van der Waals surface area contributed by atoms with Gasteiger partial charge in [0.2, 0.25) is 0 Å². The Hall–Kier alpha value is -0.680. The van der Waals surface area contributed by atoms with Gasteiger partial charge in [-0.05, 0) is 36.0 Å². The Labute approximate surface area is 120 Å². The lowest BCUT2D eigenvalue weighted by atomic mass is 10.0. The van der Waals surface area contributed by atoms with E-state index in [1.165, 1.54) is 11.5 Å². The van der Waals surface area contributed by atoms with Gasteiger partial charge in [-0.25, -0.2) is 0 Å². The van der Waals surface area contributed by atoms with E-state index in [2.05, 4.69) is 9.59 Å². The first-order valence-corrected chi connectivity index (χ1v) is 7.16. The zero-order valence-electron chi connectivity index (χ0n) is 9.86. The molecule has 0 aliphatic heterocycles. The van der Waals surface area contributed by atoms with E-state index in [9.17, 15) is 0 Å². The van der Waals surface area contributed by atoms with Crippen molar-refractivity contribution >= 4 is 34.7 Å². The Kier molecular flexibility index (Phi) is 4.56. The van der Waals surface area contributed by atoms with Crippen molar-refractivity contribution in [3.63, 3.8) is 0 Å². The van der Waals surface area contributed by atoms with Crippen LogP contribution in [-0.4, -0.2) is 9.59 Å². The molecule has 0 bridgehead atoms. The smallest absolute Gasteiger partial charge is 0.0801 e. The average Bonchev–Trinajstić information content (AvgIpc) is 2.83. The molecule has 18 heavy (non-hydrogen) atoms. The van der Waals surface area contributed by atoms with E-state index in [1.54, 1.807) is 6.07 Å². The Morgan fingerprint density at radius 2 is 2.17 bits per heavy atom. The number of halogens is 2. The highest BCUT2D eigenvalue weighted by atomic mass is 35.5. The molecule has 0 spiro atoms. The SMILES string of the molecule is CCc1nnsc1C(N)Cc1cccc(Cl)c1Cl. The molecule has 0 aliphatic carbocycles. The number of nitrogens with two attached hydrogens (primary N) is 1. The highest BCUT2D eigenvalue weighted by Crippen LogP contribution is 2.30. The van der Waals surface area contributed by atoms with Crippen LogP contribution in [0, 0.1) is 0 Å². The van der Waals surface area contributed by atoms with Gasteiger partial charge in [-0.1, -0.05) is 46.7 Å². The predicted molar refractivity (Wildman–Crippen MR) is 76.4 cm³/mol. The summed E-state index contributed by atoms with van der Waals surface area (Å²) in [6, 6.07) is 5.44. The number of nitrogens with zero attached hydrogens (tertiary/aromatic N) is 2. The van der Waals surface area contributed by atoms with Gasteiger partial charge in [0.25, 0.3) is 0 Å². The lowest BCUT2D eigenvalue weighted by Gasteiger charge is -2.12. The lowest BCUT2D eigenvalue weighted by molar-refractivity contribution is 0.722. The summed E-state index contributed by atoms with van der Waals surface area (Å²) >= 11 is 13.5. The van der Waals surface area contributed by atoms with E-state index in [0.29, 0.717) is 16.5 Å². The van der Waals surface area contributed by atoms with Crippen molar-refractivity contribution in [3.8, 4) is 0 Å². The zero-order valence-corrected chi connectivity index (χ0v) is 12.2. The maximum absolute atomic E-state index is 6.20. The molecule has 0 saturated heterocycles. The quantitative estimate of drug-likeness (QED) is 0.938. The molecule has 0 radical (unpaired) electrons. The van der Waals surface area contributed by atoms with Crippen molar-refractivity contribution in [3.05, 3.63) is 44.4 Å². The molecule has 2 N–H and O–H groups in total. The van der Waals surface area contributed by atoms with Crippen molar-refractivity contribution in [2.75, 3.05) is 0 Å². The summed E-state index contributed by atoms with van der Waals surface area (Å²) in [5, 5.41) is 5.20. The van der Waals surface area contributed by atoms with Crippen molar-refractivity contribution in [1.82, 2.24) is 9.59 Å². The van der Waals surface area contributed by atoms with Gasteiger partial charge >= 0.3 is 0 Å². The molecule has 0 amide bonds. The van der Waals surface area contributed by atoms with Crippen LogP contribution in [0.5, 0.6) is 0 Å². The summed E-state index contributed by atoms with van der Waals surface area (Å²) in [7, 11) is 0. The van der Waals surface area contributed by atoms with Gasteiger partial charge < -0.3 is 5.73 Å². The first kappa shape index (κ1) is 13.7. The maximum Gasteiger partial charge on any atom is 0.0801 e. The van der Waals surface area contributed by atoms with Gasteiger partial charge in [0, 0.05) is 6.04 Å². The second-order valence-electron chi connectivity index (χ2n) is 3.96. The van der Waals surface area contributed by atoms with Gasteiger partial charge in [0.1, 0.15) is 0 Å². The van der Waals surface area contributed by atoms with Gasteiger partial charge in [-0.3, -0.25) is 0 Å². The van der Waals surface area contributed by atoms with Crippen LogP contribution in [0.3, 0.4) is 0 Å². The summed E-state index contributed by atoms with van der Waals surface area (Å²) in [6.45, 7) is 2.04. The Morgan fingerprint density at radius 1 is 1.39 bits per heavy atom. The van der Waals surface area contributed by atoms with E-state index in [1.807, 2.05) is 19.1 Å². The minimum Gasteiger partial charge on any atom is -0.323 e. The Balaban J connectivity index is 2.21. The molecule has 0 aliphatic rings. The third-order valence-corrected chi connectivity index (χ3v) is 4.48. The molecule has 96 valence electrons. The van der Waals surface area contributed by atoms with Crippen LogP contribution in [0.2, 0.25) is 10.0 Å². The summed E-state index contributed by atoms with van der Waals surface area (Å²) in [5.41, 5.74) is 8.11. The molecule has 0 fully saturated rings. The van der Waals surface area contributed by atoms with Crippen LogP contribution in [0.25, 0.3) is 0 Å². The van der Waals surface area contributed by atoms with E-state index in [-0.39, 0.29) is 6.04 Å². The zero-order chi connectivity index (χ0) is 13.1. The molecule has 3 nitrogen and oxygen atoms in total. The van der Waals surface area contributed by atoms with E-state index in [0.717, 1.165) is 22.6 Å². The molecular weight excluding hydrogens is 289 g/mol. The average molecular weight is 302 g/mol. The predicted octanol–water partition coefficient (Wildman–Crippen LogP) is 3.65. The third kappa shape index (κ3) is 2.83. The molecule has 1 unspecified atom stereocenters. The molecule has 1 atom stereocenters. The molecule has 1 aromatic carbocycles. The van der Waals surface area contributed by atoms with Gasteiger partial charge in [0.15, 0.2) is 0 Å². The Morgan fingerprint density at radius 3 is 2.89 bits per heavy atom. The summed E-state index contributed by atoms with van der Waals surface area (Å²) in [4.78, 5) is 1.02. The van der Waals surface area contributed by atoms with Crippen molar-refractivity contribution in [2.24, 2.45) is 5.73 Å². The first-order valence-electron chi connectivity index (χ1n) is 5.63. The standard InChI is InChI=1S/C12H13Cl2N3S/c1-2-10-12(18-17-16-10)9(15)6-7-4-3-5-8(13)11(7)14/h3-5,9H,2,6,15H2,1H3. The van der Waals surface area contributed by atoms with Crippen molar-refractivity contribution in [2.45, 2.75) is 25.8 Å². The van der Waals surface area contributed by atoms with Gasteiger partial charge in [-0.15, -0.1) is 5.10 Å². The van der Waals surface area contributed by atoms with Crippen LogP contribution in [0.1, 0.15) is 29.1 Å². The van der Waals surface area contributed by atoms with E-state index in [4.69, 9.17) is 28.9 Å². The molecule has 1 aromatic heterocycles. The largest absolute Gasteiger partial charge is 0.323 e.